The molecule has 2 atom stereocenters. The number of rotatable bonds is 9. The molecule has 0 aliphatic rings. The Morgan fingerprint density at radius 2 is 1.66 bits per heavy atom. The smallest absolute Gasteiger partial charge is 0.354 e. The number of benzene rings is 2. The number of aliphatic hydroxyl groups excluding tert-OH is 1. The number of carboxylic acid groups (broad SMARTS) is 2. The number of carbonyl (C=O) groups is 3. The summed E-state index contributed by atoms with van der Waals surface area (Å²) in [7, 11) is 0. The highest BCUT2D eigenvalue weighted by Crippen LogP contribution is 2.14. The van der Waals surface area contributed by atoms with Crippen molar-refractivity contribution in [1.29, 1.82) is 0 Å². The zero-order valence-electron chi connectivity index (χ0n) is 16.7. The minimum atomic E-state index is -1.87. The van der Waals surface area contributed by atoms with Gasteiger partial charge in [0.2, 0.25) is 0 Å². The van der Waals surface area contributed by atoms with Crippen LogP contribution >= 0.6 is 11.6 Å². The van der Waals surface area contributed by atoms with Gasteiger partial charge >= 0.3 is 11.9 Å². The summed E-state index contributed by atoms with van der Waals surface area (Å²) >= 11 is 5.86. The highest BCUT2D eigenvalue weighted by molar-refractivity contribution is 6.30. The van der Waals surface area contributed by atoms with Crippen LogP contribution in [-0.2, 0) is 17.8 Å². The highest BCUT2D eigenvalue weighted by atomic mass is 35.5. The van der Waals surface area contributed by atoms with Gasteiger partial charge in [0.1, 0.15) is 5.69 Å². The Kier molecular flexibility index (Phi) is 7.24. The van der Waals surface area contributed by atoms with Crippen LogP contribution in [0.5, 0.6) is 0 Å². The second kappa shape index (κ2) is 10.1. The molecule has 32 heavy (non-hydrogen) atoms. The molecule has 0 saturated heterocycles. The van der Waals surface area contributed by atoms with Crippen molar-refractivity contribution in [3.05, 3.63) is 88.2 Å². The lowest BCUT2D eigenvalue weighted by molar-refractivity contribution is -0.148. The third-order valence-electron chi connectivity index (χ3n) is 4.73. The fourth-order valence-electron chi connectivity index (χ4n) is 3.11. The quantitative estimate of drug-likeness (QED) is 0.385. The lowest BCUT2D eigenvalue weighted by Crippen LogP contribution is -2.48. The van der Waals surface area contributed by atoms with Gasteiger partial charge in [0, 0.05) is 11.1 Å². The van der Waals surface area contributed by atoms with Crippen molar-refractivity contribution in [3.8, 4) is 0 Å². The molecule has 0 radical (unpaired) electrons. The minimum absolute atomic E-state index is 0.0529. The second-order valence-corrected chi connectivity index (χ2v) is 7.49. The van der Waals surface area contributed by atoms with Crippen LogP contribution in [0.15, 0.2) is 60.7 Å². The summed E-state index contributed by atoms with van der Waals surface area (Å²) in [4.78, 5) is 35.7. The van der Waals surface area contributed by atoms with Crippen LogP contribution in [0.1, 0.15) is 32.1 Å². The summed E-state index contributed by atoms with van der Waals surface area (Å²) in [6.07, 6.45) is -1.81. The van der Waals surface area contributed by atoms with E-state index in [0.29, 0.717) is 10.6 Å². The molecular formula is C22H20ClN3O6. The van der Waals surface area contributed by atoms with Gasteiger partial charge in [-0.1, -0.05) is 54.1 Å². The largest absolute Gasteiger partial charge is 0.479 e. The number of hydrogen-bond acceptors (Lipinski definition) is 5. The van der Waals surface area contributed by atoms with Gasteiger partial charge in [0.05, 0.1) is 12.6 Å². The Morgan fingerprint density at radius 1 is 1.00 bits per heavy atom. The first-order valence-corrected chi connectivity index (χ1v) is 9.93. The first kappa shape index (κ1) is 23.0. The van der Waals surface area contributed by atoms with Gasteiger partial charge in [0.15, 0.2) is 11.8 Å². The zero-order chi connectivity index (χ0) is 23.3. The molecule has 2 unspecified atom stereocenters. The average Bonchev–Trinajstić information content (AvgIpc) is 3.19. The lowest BCUT2D eigenvalue weighted by Gasteiger charge is -2.21. The van der Waals surface area contributed by atoms with Crippen LogP contribution < -0.4 is 5.32 Å². The minimum Gasteiger partial charge on any atom is -0.479 e. The Hall–Kier alpha value is -3.69. The predicted octanol–water partition coefficient (Wildman–Crippen LogP) is 2.07. The topological polar surface area (TPSA) is 142 Å². The maximum Gasteiger partial charge on any atom is 0.354 e. The Bertz CT molecular complexity index is 1110. The van der Waals surface area contributed by atoms with Crippen LogP contribution in [0.2, 0.25) is 5.02 Å². The van der Waals surface area contributed by atoms with Crippen LogP contribution in [0.25, 0.3) is 0 Å². The van der Waals surface area contributed by atoms with Crippen molar-refractivity contribution in [2.45, 2.75) is 25.1 Å². The van der Waals surface area contributed by atoms with Gasteiger partial charge in [-0.3, -0.25) is 9.48 Å². The third kappa shape index (κ3) is 5.71. The number of amides is 1. The number of aromatic carboxylic acids is 1. The molecule has 0 saturated carbocycles. The summed E-state index contributed by atoms with van der Waals surface area (Å²) in [5.74, 6) is -3.58. The van der Waals surface area contributed by atoms with E-state index in [1.165, 1.54) is 0 Å². The number of carboxylic acids is 2. The first-order chi connectivity index (χ1) is 15.2. The van der Waals surface area contributed by atoms with E-state index in [4.69, 9.17) is 11.6 Å². The fourth-order valence-corrected chi connectivity index (χ4v) is 3.23. The molecule has 0 bridgehead atoms. The van der Waals surface area contributed by atoms with Crippen molar-refractivity contribution in [2.75, 3.05) is 0 Å². The summed E-state index contributed by atoms with van der Waals surface area (Å²) in [6.45, 7) is 0.0806. The van der Waals surface area contributed by atoms with Crippen molar-refractivity contribution in [3.63, 3.8) is 0 Å². The molecule has 0 spiro atoms. The number of aromatic nitrogens is 2. The maximum atomic E-state index is 12.8. The third-order valence-corrected chi connectivity index (χ3v) is 4.98. The molecular weight excluding hydrogens is 438 g/mol. The molecule has 10 heteroatoms. The van der Waals surface area contributed by atoms with E-state index in [1.807, 2.05) is 0 Å². The molecule has 1 heterocycles. The van der Waals surface area contributed by atoms with E-state index in [2.05, 4.69) is 10.4 Å². The summed E-state index contributed by atoms with van der Waals surface area (Å²) in [6, 6.07) is 15.4. The molecule has 0 aliphatic heterocycles. The van der Waals surface area contributed by atoms with Crippen LogP contribution in [0.4, 0.5) is 0 Å². The van der Waals surface area contributed by atoms with Crippen molar-refractivity contribution in [1.82, 2.24) is 15.1 Å². The molecule has 1 aromatic heterocycles. The maximum absolute atomic E-state index is 12.8. The van der Waals surface area contributed by atoms with Crippen molar-refractivity contribution < 1.29 is 29.7 Å². The van der Waals surface area contributed by atoms with Gasteiger partial charge in [-0.15, -0.1) is 0 Å². The Balaban J connectivity index is 1.83. The fraction of sp³-hybridized carbons (Fsp3) is 0.182. The monoisotopic (exact) mass is 457 g/mol. The molecule has 0 aliphatic carbocycles. The molecule has 2 aromatic carbocycles. The van der Waals surface area contributed by atoms with E-state index in [-0.39, 0.29) is 24.4 Å². The first-order valence-electron chi connectivity index (χ1n) is 9.56. The van der Waals surface area contributed by atoms with Gasteiger partial charge in [-0.25, -0.2) is 9.59 Å². The van der Waals surface area contributed by atoms with Crippen LogP contribution in [0.3, 0.4) is 0 Å². The van der Waals surface area contributed by atoms with E-state index < -0.39 is 30.0 Å². The lowest BCUT2D eigenvalue weighted by atomic mass is 10.0. The predicted molar refractivity (Wildman–Crippen MR) is 115 cm³/mol. The molecule has 3 rings (SSSR count). The summed E-state index contributed by atoms with van der Waals surface area (Å²) in [5, 5.41) is 35.8. The molecule has 4 N–H and O–H groups in total. The summed E-state index contributed by atoms with van der Waals surface area (Å²) in [5.41, 5.74) is 0.989. The Labute approximate surface area is 187 Å². The normalized spacial score (nSPS) is 12.7. The number of aliphatic carboxylic acids is 1. The van der Waals surface area contributed by atoms with E-state index in [1.54, 1.807) is 54.6 Å². The zero-order valence-corrected chi connectivity index (χ0v) is 17.4. The Morgan fingerprint density at radius 3 is 2.25 bits per heavy atom. The molecule has 166 valence electrons. The van der Waals surface area contributed by atoms with E-state index in [9.17, 15) is 29.7 Å². The number of nitrogens with one attached hydrogen (secondary N) is 1. The van der Waals surface area contributed by atoms with Crippen LogP contribution in [-0.4, -0.2) is 55.1 Å². The number of aliphatic hydroxyl groups is 1. The number of carbonyl (C=O) groups excluding carboxylic acids is 1. The standard InChI is InChI=1S/C22H20ClN3O6/c23-15-8-6-14(7-9-15)12-26-18(21(29)30)11-17(25-26)20(28)24-16(19(27)22(31)32)10-13-4-2-1-3-5-13/h1-9,11,16,19,27H,10,12H2,(H,24,28)(H,29,30)(H,31,32). The highest BCUT2D eigenvalue weighted by Gasteiger charge is 2.29. The van der Waals surface area contributed by atoms with Gasteiger partial charge in [-0.2, -0.15) is 5.10 Å². The van der Waals surface area contributed by atoms with E-state index in [0.717, 1.165) is 16.3 Å². The molecule has 9 nitrogen and oxygen atoms in total. The van der Waals surface area contributed by atoms with Crippen LogP contribution in [0, 0.1) is 0 Å². The second-order valence-electron chi connectivity index (χ2n) is 7.06. The molecule has 1 amide bonds. The average molecular weight is 458 g/mol. The number of nitrogens with zero attached hydrogens (tertiary/aromatic N) is 2. The number of halogens is 1. The van der Waals surface area contributed by atoms with Gasteiger partial charge in [0.25, 0.3) is 5.91 Å². The molecule has 0 fully saturated rings. The van der Waals surface area contributed by atoms with Crippen molar-refractivity contribution in [2.24, 2.45) is 0 Å². The summed E-state index contributed by atoms with van der Waals surface area (Å²) < 4.78 is 1.15. The number of hydrogen-bond donors (Lipinski definition) is 4. The van der Waals surface area contributed by atoms with Crippen molar-refractivity contribution >= 4 is 29.4 Å². The van der Waals surface area contributed by atoms with E-state index >= 15 is 0 Å². The SMILES string of the molecule is O=C(NC(Cc1ccccc1)C(O)C(=O)O)c1cc(C(=O)O)n(Cc2ccc(Cl)cc2)n1. The van der Waals surface area contributed by atoms with Gasteiger partial charge in [-0.05, 0) is 29.7 Å². The molecule has 3 aromatic rings. The van der Waals surface area contributed by atoms with Gasteiger partial charge < -0.3 is 20.6 Å².